The summed E-state index contributed by atoms with van der Waals surface area (Å²) >= 11 is 7.66. The Kier molecular flexibility index (Phi) is 9.55. The van der Waals surface area contributed by atoms with E-state index in [0.29, 0.717) is 17.3 Å². The highest BCUT2D eigenvalue weighted by atomic mass is 35.5. The molecule has 0 saturated carbocycles. The molecule has 4 nitrogen and oxygen atoms in total. The molecule has 0 aliphatic heterocycles. The molecule has 2 atom stereocenters. The molecule has 29 heavy (non-hydrogen) atoms. The van der Waals surface area contributed by atoms with Crippen molar-refractivity contribution in [3.05, 3.63) is 70.7 Å². The van der Waals surface area contributed by atoms with Gasteiger partial charge in [0.15, 0.2) is 0 Å². The van der Waals surface area contributed by atoms with Gasteiger partial charge < -0.3 is 10.2 Å². The lowest BCUT2D eigenvalue weighted by molar-refractivity contribution is -0.138. The number of hydrogen-bond donors (Lipinski definition) is 1. The van der Waals surface area contributed by atoms with Gasteiger partial charge in [-0.25, -0.2) is 0 Å². The van der Waals surface area contributed by atoms with E-state index >= 15 is 0 Å². The van der Waals surface area contributed by atoms with Crippen LogP contribution >= 0.6 is 23.4 Å². The molecule has 0 aliphatic carbocycles. The fraction of sp³-hybridized carbons (Fsp3) is 0.391. The highest BCUT2D eigenvalue weighted by Gasteiger charge is 2.26. The lowest BCUT2D eigenvalue weighted by Crippen LogP contribution is -2.50. The zero-order valence-electron chi connectivity index (χ0n) is 17.2. The van der Waals surface area contributed by atoms with Gasteiger partial charge in [-0.2, -0.15) is 0 Å². The lowest BCUT2D eigenvalue weighted by Gasteiger charge is -2.29. The molecule has 156 valence electrons. The summed E-state index contributed by atoms with van der Waals surface area (Å²) in [7, 11) is 0. The predicted octanol–water partition coefficient (Wildman–Crippen LogP) is 4.91. The highest BCUT2D eigenvalue weighted by Crippen LogP contribution is 2.18. The number of thioether (sulfide) groups is 1. The normalized spacial score (nSPS) is 12.8. The van der Waals surface area contributed by atoms with E-state index in [9.17, 15) is 9.59 Å². The van der Waals surface area contributed by atoms with Gasteiger partial charge in [0, 0.05) is 23.4 Å². The van der Waals surface area contributed by atoms with E-state index in [4.69, 9.17) is 11.6 Å². The summed E-state index contributed by atoms with van der Waals surface area (Å²) in [5.74, 6) is 0.877. The first-order chi connectivity index (χ1) is 13.9. The molecule has 0 unspecified atom stereocenters. The molecular formula is C23H29ClN2O2S. The highest BCUT2D eigenvalue weighted by molar-refractivity contribution is 7.99. The number of rotatable bonds is 10. The Morgan fingerprint density at radius 2 is 1.76 bits per heavy atom. The number of hydrogen-bond acceptors (Lipinski definition) is 3. The van der Waals surface area contributed by atoms with E-state index in [1.165, 1.54) is 5.56 Å². The molecule has 0 bridgehead atoms. The van der Waals surface area contributed by atoms with E-state index in [2.05, 4.69) is 5.32 Å². The lowest BCUT2D eigenvalue weighted by atomic mass is 10.1. The second-order valence-corrected chi connectivity index (χ2v) is 8.55. The third-order valence-electron chi connectivity index (χ3n) is 4.75. The first-order valence-corrected chi connectivity index (χ1v) is 11.4. The summed E-state index contributed by atoms with van der Waals surface area (Å²) < 4.78 is 0. The predicted molar refractivity (Wildman–Crippen MR) is 122 cm³/mol. The van der Waals surface area contributed by atoms with Gasteiger partial charge in [0.2, 0.25) is 11.8 Å². The van der Waals surface area contributed by atoms with Gasteiger partial charge in [-0.15, -0.1) is 11.8 Å². The Morgan fingerprint density at radius 1 is 1.07 bits per heavy atom. The van der Waals surface area contributed by atoms with E-state index in [1.54, 1.807) is 29.7 Å². The van der Waals surface area contributed by atoms with Gasteiger partial charge in [-0.1, -0.05) is 61.0 Å². The molecule has 0 spiro atoms. The van der Waals surface area contributed by atoms with Crippen LogP contribution in [-0.4, -0.2) is 34.6 Å². The van der Waals surface area contributed by atoms with Crippen LogP contribution in [0.1, 0.15) is 38.3 Å². The standard InChI is InChI=1S/C23H29ClN2O2S/c1-4-17(2)25-23(28)18(3)26(14-20-11-8-12-21(24)13-20)22(27)16-29-15-19-9-6-5-7-10-19/h5-13,17-18H,4,14-16H2,1-3H3,(H,25,28)/t17-,18+/m1/s1. The third-order valence-corrected chi connectivity index (χ3v) is 5.97. The third kappa shape index (κ3) is 7.75. The summed E-state index contributed by atoms with van der Waals surface area (Å²) in [5, 5.41) is 3.59. The van der Waals surface area contributed by atoms with Crippen LogP contribution in [0.5, 0.6) is 0 Å². The molecule has 0 radical (unpaired) electrons. The Labute approximate surface area is 183 Å². The van der Waals surface area contributed by atoms with Crippen LogP contribution in [0.15, 0.2) is 54.6 Å². The van der Waals surface area contributed by atoms with Crippen LogP contribution in [0.3, 0.4) is 0 Å². The summed E-state index contributed by atoms with van der Waals surface area (Å²) in [6, 6.07) is 17.0. The van der Waals surface area contributed by atoms with Crippen molar-refractivity contribution >= 4 is 35.2 Å². The van der Waals surface area contributed by atoms with Crippen molar-refractivity contribution in [2.24, 2.45) is 0 Å². The minimum atomic E-state index is -0.562. The first kappa shape index (κ1) is 23.3. The Bertz CT molecular complexity index is 800. The molecular weight excluding hydrogens is 404 g/mol. The van der Waals surface area contributed by atoms with E-state index in [0.717, 1.165) is 17.7 Å². The molecule has 0 heterocycles. The van der Waals surface area contributed by atoms with Crippen LogP contribution < -0.4 is 5.32 Å². The molecule has 2 aromatic carbocycles. The average Bonchev–Trinajstić information content (AvgIpc) is 2.72. The number of carbonyl (C=O) groups excluding carboxylic acids is 2. The zero-order chi connectivity index (χ0) is 21.2. The quantitative estimate of drug-likeness (QED) is 0.580. The van der Waals surface area contributed by atoms with E-state index < -0.39 is 6.04 Å². The fourth-order valence-corrected chi connectivity index (χ4v) is 3.88. The molecule has 2 amide bonds. The number of nitrogens with one attached hydrogen (secondary N) is 1. The number of nitrogens with zero attached hydrogens (tertiary/aromatic N) is 1. The number of carbonyl (C=O) groups is 2. The van der Waals surface area contributed by atoms with Crippen LogP contribution in [-0.2, 0) is 21.9 Å². The summed E-state index contributed by atoms with van der Waals surface area (Å²) in [4.78, 5) is 27.3. The van der Waals surface area contributed by atoms with Crippen LogP contribution in [0.25, 0.3) is 0 Å². The monoisotopic (exact) mass is 432 g/mol. The second-order valence-electron chi connectivity index (χ2n) is 7.12. The van der Waals surface area contributed by atoms with Crippen molar-refractivity contribution in [2.45, 2.75) is 51.6 Å². The Hall–Kier alpha value is -1.98. The van der Waals surface area contributed by atoms with Crippen LogP contribution in [0, 0.1) is 0 Å². The molecule has 1 N–H and O–H groups in total. The first-order valence-electron chi connectivity index (χ1n) is 9.86. The smallest absolute Gasteiger partial charge is 0.242 e. The minimum absolute atomic E-state index is 0.0577. The van der Waals surface area contributed by atoms with E-state index in [1.807, 2.05) is 62.4 Å². The largest absolute Gasteiger partial charge is 0.352 e. The maximum atomic E-state index is 13.0. The van der Waals surface area contributed by atoms with Gasteiger partial charge in [-0.05, 0) is 43.5 Å². The summed E-state index contributed by atoms with van der Waals surface area (Å²) in [6.45, 7) is 6.11. The van der Waals surface area contributed by atoms with Crippen molar-refractivity contribution in [1.82, 2.24) is 10.2 Å². The average molecular weight is 433 g/mol. The van der Waals surface area contributed by atoms with Crippen LogP contribution in [0.2, 0.25) is 5.02 Å². The van der Waals surface area contributed by atoms with Crippen molar-refractivity contribution < 1.29 is 9.59 Å². The maximum Gasteiger partial charge on any atom is 0.242 e. The summed E-state index contributed by atoms with van der Waals surface area (Å²) in [6.07, 6.45) is 0.841. The molecule has 0 saturated heterocycles. The molecule has 2 aromatic rings. The Morgan fingerprint density at radius 3 is 2.41 bits per heavy atom. The molecule has 0 fully saturated rings. The van der Waals surface area contributed by atoms with Gasteiger partial charge in [0.1, 0.15) is 6.04 Å². The fourth-order valence-electron chi connectivity index (χ4n) is 2.79. The van der Waals surface area contributed by atoms with Gasteiger partial charge in [0.25, 0.3) is 0 Å². The van der Waals surface area contributed by atoms with Gasteiger partial charge in [-0.3, -0.25) is 9.59 Å². The zero-order valence-corrected chi connectivity index (χ0v) is 18.8. The Balaban J connectivity index is 2.07. The number of halogens is 1. The number of amides is 2. The van der Waals surface area contributed by atoms with Gasteiger partial charge >= 0.3 is 0 Å². The van der Waals surface area contributed by atoms with Crippen molar-refractivity contribution in [3.63, 3.8) is 0 Å². The summed E-state index contributed by atoms with van der Waals surface area (Å²) in [5.41, 5.74) is 2.08. The van der Waals surface area contributed by atoms with Crippen molar-refractivity contribution in [1.29, 1.82) is 0 Å². The molecule has 2 rings (SSSR count). The maximum absolute atomic E-state index is 13.0. The second kappa shape index (κ2) is 11.9. The van der Waals surface area contributed by atoms with Crippen LogP contribution in [0.4, 0.5) is 0 Å². The van der Waals surface area contributed by atoms with Crippen molar-refractivity contribution in [3.8, 4) is 0 Å². The van der Waals surface area contributed by atoms with Crippen molar-refractivity contribution in [2.75, 3.05) is 5.75 Å². The molecule has 0 aromatic heterocycles. The topological polar surface area (TPSA) is 49.4 Å². The number of benzene rings is 2. The molecule has 6 heteroatoms. The SMILES string of the molecule is CC[C@@H](C)NC(=O)[C@H](C)N(Cc1cccc(Cl)c1)C(=O)CSCc1ccccc1. The van der Waals surface area contributed by atoms with E-state index in [-0.39, 0.29) is 17.9 Å². The minimum Gasteiger partial charge on any atom is -0.352 e. The van der Waals surface area contributed by atoms with Gasteiger partial charge in [0.05, 0.1) is 5.75 Å². The molecule has 0 aliphatic rings.